The third kappa shape index (κ3) is 5.65. The highest BCUT2D eigenvalue weighted by atomic mass is 19.3. The second-order valence-corrected chi connectivity index (χ2v) is 8.61. The van der Waals surface area contributed by atoms with Gasteiger partial charge in [0.05, 0.1) is 37.6 Å². The fourth-order valence-electron chi connectivity index (χ4n) is 3.91. The maximum atomic E-state index is 14.3. The van der Waals surface area contributed by atoms with Crippen LogP contribution in [0.3, 0.4) is 0 Å². The number of hydrogen-bond donors (Lipinski definition) is 2. The number of fused-ring (bicyclic) bond motifs is 1. The van der Waals surface area contributed by atoms with Crippen LogP contribution in [0.5, 0.6) is 0 Å². The molecule has 2 aromatic rings. The molecule has 0 aliphatic carbocycles. The number of aromatic nitrogens is 2. The Morgan fingerprint density at radius 3 is 2.59 bits per heavy atom. The Morgan fingerprint density at radius 2 is 2.00 bits per heavy atom. The maximum Gasteiger partial charge on any atom is 0.266 e. The van der Waals surface area contributed by atoms with Crippen LogP contribution < -0.4 is 10.6 Å². The van der Waals surface area contributed by atoms with Gasteiger partial charge in [0, 0.05) is 49.8 Å². The Hall–Kier alpha value is -2.76. The second kappa shape index (κ2) is 11.1. The minimum absolute atomic E-state index is 0.0132. The number of carbonyl (C=O) groups excluding carboxylic acids is 1. The second-order valence-electron chi connectivity index (χ2n) is 8.61. The summed E-state index contributed by atoms with van der Waals surface area (Å²) in [5.74, 6) is 0.473. The van der Waals surface area contributed by atoms with Crippen LogP contribution >= 0.6 is 0 Å². The average molecular weight is 479 g/mol. The van der Waals surface area contributed by atoms with Crippen molar-refractivity contribution in [2.24, 2.45) is 0 Å². The molecule has 34 heavy (non-hydrogen) atoms. The molecular formula is C23H29F3N6O2. The third-order valence-corrected chi connectivity index (χ3v) is 6.14. The molecule has 0 radical (unpaired) electrons. The van der Waals surface area contributed by atoms with Crippen LogP contribution in [0.4, 0.5) is 19.0 Å². The van der Waals surface area contributed by atoms with Crippen molar-refractivity contribution in [3.63, 3.8) is 0 Å². The Kier molecular flexibility index (Phi) is 7.96. The van der Waals surface area contributed by atoms with E-state index in [0.29, 0.717) is 24.7 Å². The first-order valence-electron chi connectivity index (χ1n) is 11.3. The van der Waals surface area contributed by atoms with Gasteiger partial charge in [-0.2, -0.15) is 0 Å². The summed E-state index contributed by atoms with van der Waals surface area (Å²) in [6, 6.07) is 3.95. The van der Waals surface area contributed by atoms with Gasteiger partial charge in [-0.1, -0.05) is 18.2 Å². The molecule has 3 aliphatic rings. The van der Waals surface area contributed by atoms with E-state index in [4.69, 9.17) is 4.74 Å². The van der Waals surface area contributed by atoms with E-state index < -0.39 is 17.8 Å². The predicted octanol–water partition coefficient (Wildman–Crippen LogP) is 2.27. The number of amides is 1. The van der Waals surface area contributed by atoms with Crippen LogP contribution in [0.15, 0.2) is 18.2 Å². The number of nitrogens with zero attached hydrogens (tertiary/aromatic N) is 4. The highest BCUT2D eigenvalue weighted by Crippen LogP contribution is 2.30. The standard InChI is InChI=1S/C18H18F3N5O.C5H11NO/c19-15-10(2-1-3-12(15)16(20)21)6-23-18-13-7-26(9-27)8-14(13)24-17(25-18)11-4-22-5-11;1-6-2-4-7-5-3-6/h1-3,9,11,16,22H,4-8H2,(H,23,24,25);2-5H2,1H3. The lowest BCUT2D eigenvalue weighted by molar-refractivity contribution is -0.118. The van der Waals surface area contributed by atoms with Crippen molar-refractivity contribution in [1.29, 1.82) is 0 Å². The average Bonchev–Trinajstić information content (AvgIpc) is 3.21. The zero-order chi connectivity index (χ0) is 24.1. The first-order chi connectivity index (χ1) is 16.5. The van der Waals surface area contributed by atoms with Gasteiger partial charge in [-0.05, 0) is 7.05 Å². The van der Waals surface area contributed by atoms with Crippen LogP contribution in [0, 0.1) is 5.82 Å². The SMILES string of the molecule is CN1CCOCC1.O=CN1Cc2nc(C3CNC3)nc(NCc3cccc(C(F)F)c3F)c2C1. The summed E-state index contributed by atoms with van der Waals surface area (Å²) in [6.45, 7) is 6.36. The van der Waals surface area contributed by atoms with Crippen molar-refractivity contribution >= 4 is 12.2 Å². The number of rotatable bonds is 6. The van der Waals surface area contributed by atoms with Gasteiger partial charge < -0.3 is 25.2 Å². The highest BCUT2D eigenvalue weighted by molar-refractivity contribution is 5.56. The molecule has 2 saturated heterocycles. The van der Waals surface area contributed by atoms with E-state index in [1.807, 2.05) is 0 Å². The van der Waals surface area contributed by atoms with Crippen molar-refractivity contribution in [3.8, 4) is 0 Å². The summed E-state index contributed by atoms with van der Waals surface area (Å²) in [6.07, 6.45) is -2.12. The van der Waals surface area contributed by atoms with Crippen molar-refractivity contribution in [2.45, 2.75) is 32.0 Å². The molecular weight excluding hydrogens is 449 g/mol. The molecule has 0 atom stereocenters. The largest absolute Gasteiger partial charge is 0.379 e. The lowest BCUT2D eigenvalue weighted by Gasteiger charge is -2.26. The van der Waals surface area contributed by atoms with E-state index in [-0.39, 0.29) is 18.0 Å². The molecule has 1 aromatic heterocycles. The van der Waals surface area contributed by atoms with Gasteiger partial charge in [-0.25, -0.2) is 23.1 Å². The van der Waals surface area contributed by atoms with Crippen LogP contribution in [-0.2, 0) is 29.2 Å². The number of ether oxygens (including phenoxy) is 1. The number of morpholine rings is 1. The molecule has 2 N–H and O–H groups in total. The van der Waals surface area contributed by atoms with Crippen molar-refractivity contribution in [3.05, 3.63) is 52.2 Å². The molecule has 3 aliphatic heterocycles. The van der Waals surface area contributed by atoms with Crippen LogP contribution in [-0.4, -0.2) is 72.6 Å². The summed E-state index contributed by atoms with van der Waals surface area (Å²) in [4.78, 5) is 24.1. The maximum absolute atomic E-state index is 14.3. The van der Waals surface area contributed by atoms with E-state index in [0.717, 1.165) is 63.1 Å². The number of hydrogen-bond acceptors (Lipinski definition) is 7. The molecule has 4 heterocycles. The first-order valence-corrected chi connectivity index (χ1v) is 11.3. The van der Waals surface area contributed by atoms with Crippen LogP contribution in [0.2, 0.25) is 0 Å². The summed E-state index contributed by atoms with van der Waals surface area (Å²) in [5.41, 5.74) is 1.07. The van der Waals surface area contributed by atoms with Gasteiger partial charge in [-0.15, -0.1) is 0 Å². The fourth-order valence-corrected chi connectivity index (χ4v) is 3.91. The molecule has 1 aromatic carbocycles. The highest BCUT2D eigenvalue weighted by Gasteiger charge is 2.29. The summed E-state index contributed by atoms with van der Waals surface area (Å²) < 4.78 is 45.2. The van der Waals surface area contributed by atoms with Gasteiger partial charge in [-0.3, -0.25) is 4.79 Å². The van der Waals surface area contributed by atoms with Crippen LogP contribution in [0.1, 0.15) is 40.6 Å². The lowest BCUT2D eigenvalue weighted by atomic mass is 10.0. The van der Waals surface area contributed by atoms with Gasteiger partial charge in [0.25, 0.3) is 6.43 Å². The topological polar surface area (TPSA) is 82.6 Å². The smallest absolute Gasteiger partial charge is 0.266 e. The van der Waals surface area contributed by atoms with E-state index in [2.05, 4.69) is 32.5 Å². The van der Waals surface area contributed by atoms with Gasteiger partial charge in [0.1, 0.15) is 17.5 Å². The number of carbonyl (C=O) groups is 1. The summed E-state index contributed by atoms with van der Waals surface area (Å²) in [5, 5.41) is 6.22. The van der Waals surface area contributed by atoms with Gasteiger partial charge in [0.2, 0.25) is 6.41 Å². The molecule has 184 valence electrons. The van der Waals surface area contributed by atoms with Crippen molar-refractivity contribution in [2.75, 3.05) is 51.8 Å². The summed E-state index contributed by atoms with van der Waals surface area (Å²) >= 11 is 0. The quantitative estimate of drug-likeness (QED) is 0.617. The number of alkyl halides is 2. The number of benzene rings is 1. The molecule has 0 unspecified atom stereocenters. The Bertz CT molecular complexity index is 999. The summed E-state index contributed by atoms with van der Waals surface area (Å²) in [7, 11) is 2.11. The molecule has 8 nitrogen and oxygen atoms in total. The zero-order valence-corrected chi connectivity index (χ0v) is 19.1. The lowest BCUT2D eigenvalue weighted by Crippen LogP contribution is -2.41. The molecule has 0 saturated carbocycles. The Labute approximate surface area is 196 Å². The van der Waals surface area contributed by atoms with E-state index in [1.165, 1.54) is 12.1 Å². The molecule has 1 amide bonds. The molecule has 0 spiro atoms. The minimum atomic E-state index is -2.87. The molecule has 2 fully saturated rings. The number of halogens is 3. The minimum Gasteiger partial charge on any atom is -0.379 e. The van der Waals surface area contributed by atoms with E-state index in [9.17, 15) is 18.0 Å². The number of likely N-dealkylation sites (N-methyl/N-ethyl adjacent to an activating group) is 1. The number of nitrogens with one attached hydrogen (secondary N) is 2. The predicted molar refractivity (Wildman–Crippen MR) is 120 cm³/mol. The normalized spacial score (nSPS) is 18.2. The van der Waals surface area contributed by atoms with E-state index in [1.54, 1.807) is 4.90 Å². The van der Waals surface area contributed by atoms with Crippen molar-refractivity contribution < 1.29 is 22.7 Å². The zero-order valence-electron chi connectivity index (χ0n) is 19.1. The third-order valence-electron chi connectivity index (χ3n) is 6.14. The molecule has 11 heteroatoms. The first kappa shape index (κ1) is 24.4. The van der Waals surface area contributed by atoms with Gasteiger partial charge in [0.15, 0.2) is 0 Å². The Morgan fingerprint density at radius 1 is 1.24 bits per heavy atom. The molecule has 5 rings (SSSR count). The fraction of sp³-hybridized carbons (Fsp3) is 0.522. The van der Waals surface area contributed by atoms with Crippen molar-refractivity contribution in [1.82, 2.24) is 25.1 Å². The van der Waals surface area contributed by atoms with Crippen LogP contribution in [0.25, 0.3) is 0 Å². The Balaban J connectivity index is 0.000000336. The van der Waals surface area contributed by atoms with Gasteiger partial charge >= 0.3 is 0 Å². The monoisotopic (exact) mass is 478 g/mol. The van der Waals surface area contributed by atoms with E-state index >= 15 is 0 Å². The molecule has 0 bridgehead atoms. The number of anilines is 1.